The van der Waals surface area contributed by atoms with Gasteiger partial charge in [-0.3, -0.25) is 9.10 Å². The van der Waals surface area contributed by atoms with E-state index in [1.165, 1.54) is 30.5 Å². The number of hydrogen-bond donors (Lipinski definition) is 1. The fraction of sp³-hybridized carbons (Fsp3) is 0.231. The Labute approximate surface area is 216 Å². The zero-order valence-electron chi connectivity index (χ0n) is 20.1. The van der Waals surface area contributed by atoms with Crippen LogP contribution in [-0.4, -0.2) is 40.3 Å². The highest BCUT2D eigenvalue weighted by atomic mass is 35.5. The van der Waals surface area contributed by atoms with Gasteiger partial charge < -0.3 is 9.47 Å². The number of ether oxygens (including phenoxy) is 2. The first-order chi connectivity index (χ1) is 17.3. The Bertz CT molecular complexity index is 1280. The lowest BCUT2D eigenvalue weighted by atomic mass is 10.2. The van der Waals surface area contributed by atoms with Crippen molar-refractivity contribution >= 4 is 39.4 Å². The minimum atomic E-state index is -4.04. The van der Waals surface area contributed by atoms with Crippen LogP contribution in [0.4, 0.5) is 5.69 Å². The zero-order valence-corrected chi connectivity index (χ0v) is 21.6. The van der Waals surface area contributed by atoms with E-state index in [9.17, 15) is 13.2 Å². The van der Waals surface area contributed by atoms with E-state index in [1.807, 2.05) is 13.8 Å². The maximum Gasteiger partial charge on any atom is 0.264 e. The number of amides is 1. The summed E-state index contributed by atoms with van der Waals surface area (Å²) in [6, 6.07) is 19.4. The van der Waals surface area contributed by atoms with Gasteiger partial charge in [0.25, 0.3) is 15.9 Å². The number of sulfonamides is 1. The van der Waals surface area contributed by atoms with E-state index >= 15 is 0 Å². The second kappa shape index (κ2) is 12.9. The van der Waals surface area contributed by atoms with Crippen LogP contribution < -0.4 is 19.2 Å². The molecule has 0 saturated heterocycles. The summed E-state index contributed by atoms with van der Waals surface area (Å²) in [6.45, 7) is 4.46. The highest BCUT2D eigenvalue weighted by Gasteiger charge is 2.27. The van der Waals surface area contributed by atoms with Crippen molar-refractivity contribution in [2.45, 2.75) is 25.2 Å². The smallest absolute Gasteiger partial charge is 0.264 e. The van der Waals surface area contributed by atoms with Gasteiger partial charge in [-0.1, -0.05) is 36.7 Å². The maximum absolute atomic E-state index is 13.3. The Morgan fingerprint density at radius 3 is 2.39 bits per heavy atom. The van der Waals surface area contributed by atoms with Gasteiger partial charge in [0.2, 0.25) is 0 Å². The van der Waals surface area contributed by atoms with E-state index in [0.29, 0.717) is 41.0 Å². The number of hydrogen-bond acceptors (Lipinski definition) is 6. The summed E-state index contributed by atoms with van der Waals surface area (Å²) in [7, 11) is -4.04. The number of hydrazone groups is 1. The summed E-state index contributed by atoms with van der Waals surface area (Å²) in [5.41, 5.74) is 3.42. The Balaban J connectivity index is 1.75. The fourth-order valence-corrected chi connectivity index (χ4v) is 4.74. The van der Waals surface area contributed by atoms with Crippen LogP contribution >= 0.6 is 11.6 Å². The molecule has 3 rings (SSSR count). The predicted octanol–water partition coefficient (Wildman–Crippen LogP) is 4.87. The molecule has 0 aliphatic carbocycles. The molecule has 0 fully saturated rings. The Morgan fingerprint density at radius 2 is 1.72 bits per heavy atom. The van der Waals surface area contributed by atoms with Crippen molar-refractivity contribution in [2.24, 2.45) is 5.10 Å². The van der Waals surface area contributed by atoms with E-state index in [4.69, 9.17) is 21.1 Å². The van der Waals surface area contributed by atoms with Gasteiger partial charge in [-0.05, 0) is 73.5 Å². The van der Waals surface area contributed by atoms with Gasteiger partial charge in [0.15, 0.2) is 11.5 Å². The SMILES string of the molecule is CCCOc1ccc(/C=N\NC(=O)CN(c2ccccc2)S(=O)(=O)c2ccc(Cl)cc2)cc1OCC. The second-order valence-corrected chi connectivity index (χ2v) is 9.88. The molecule has 0 bridgehead atoms. The average Bonchev–Trinajstić information content (AvgIpc) is 2.87. The van der Waals surface area contributed by atoms with Gasteiger partial charge in [-0.25, -0.2) is 13.8 Å². The van der Waals surface area contributed by atoms with Crippen LogP contribution in [0.1, 0.15) is 25.8 Å². The topological polar surface area (TPSA) is 97.3 Å². The van der Waals surface area contributed by atoms with Crippen LogP contribution in [0.15, 0.2) is 82.8 Å². The molecule has 1 N–H and O–H groups in total. The summed E-state index contributed by atoms with van der Waals surface area (Å²) in [6.07, 6.45) is 2.32. The number of nitrogens with one attached hydrogen (secondary N) is 1. The van der Waals surface area contributed by atoms with Crippen LogP contribution in [0, 0.1) is 0 Å². The van der Waals surface area contributed by atoms with Gasteiger partial charge in [0.05, 0.1) is 30.0 Å². The molecule has 0 unspecified atom stereocenters. The van der Waals surface area contributed by atoms with Crippen LogP contribution in [0.3, 0.4) is 0 Å². The molecule has 1 amide bonds. The quantitative estimate of drug-likeness (QED) is 0.266. The number of rotatable bonds is 12. The summed E-state index contributed by atoms with van der Waals surface area (Å²) >= 11 is 5.91. The first-order valence-electron chi connectivity index (χ1n) is 11.4. The third kappa shape index (κ3) is 7.22. The highest BCUT2D eigenvalue weighted by Crippen LogP contribution is 2.28. The third-order valence-electron chi connectivity index (χ3n) is 4.87. The molecule has 190 valence electrons. The minimum Gasteiger partial charge on any atom is -0.490 e. The molecule has 3 aromatic carbocycles. The van der Waals surface area contributed by atoms with Crippen LogP contribution in [0.5, 0.6) is 11.5 Å². The lowest BCUT2D eigenvalue weighted by Gasteiger charge is -2.23. The van der Waals surface area contributed by atoms with Crippen molar-refractivity contribution in [3.05, 3.63) is 83.4 Å². The molecule has 10 heteroatoms. The summed E-state index contributed by atoms with van der Waals surface area (Å²) < 4.78 is 39.0. The van der Waals surface area contributed by atoms with E-state index in [-0.39, 0.29) is 4.90 Å². The van der Waals surface area contributed by atoms with Crippen molar-refractivity contribution in [1.82, 2.24) is 5.43 Å². The molecule has 0 aliphatic rings. The van der Waals surface area contributed by atoms with E-state index in [1.54, 1.807) is 48.5 Å². The minimum absolute atomic E-state index is 0.0147. The lowest BCUT2D eigenvalue weighted by molar-refractivity contribution is -0.119. The summed E-state index contributed by atoms with van der Waals surface area (Å²) in [5, 5.41) is 4.40. The van der Waals surface area contributed by atoms with Gasteiger partial charge in [0.1, 0.15) is 6.54 Å². The molecule has 8 nitrogen and oxygen atoms in total. The zero-order chi connectivity index (χ0) is 26.0. The van der Waals surface area contributed by atoms with Crippen molar-refractivity contribution in [1.29, 1.82) is 0 Å². The van der Waals surface area contributed by atoms with Crippen molar-refractivity contribution in [3.8, 4) is 11.5 Å². The number of benzene rings is 3. The molecule has 0 aliphatic heterocycles. The molecule has 3 aromatic rings. The largest absolute Gasteiger partial charge is 0.490 e. The van der Waals surface area contributed by atoms with E-state index < -0.39 is 22.5 Å². The number of para-hydroxylation sites is 1. The van der Waals surface area contributed by atoms with Gasteiger partial charge in [0, 0.05) is 5.02 Å². The number of nitrogens with zero attached hydrogens (tertiary/aromatic N) is 2. The highest BCUT2D eigenvalue weighted by molar-refractivity contribution is 7.92. The maximum atomic E-state index is 13.3. The molecule has 0 heterocycles. The van der Waals surface area contributed by atoms with Gasteiger partial charge in [-0.15, -0.1) is 0 Å². The number of carbonyl (C=O) groups is 1. The Hall–Kier alpha value is -3.56. The Morgan fingerprint density at radius 1 is 1.00 bits per heavy atom. The van der Waals surface area contributed by atoms with Crippen molar-refractivity contribution in [3.63, 3.8) is 0 Å². The monoisotopic (exact) mass is 529 g/mol. The van der Waals surface area contributed by atoms with Crippen molar-refractivity contribution < 1.29 is 22.7 Å². The fourth-order valence-electron chi connectivity index (χ4n) is 3.19. The average molecular weight is 530 g/mol. The van der Waals surface area contributed by atoms with Crippen molar-refractivity contribution in [2.75, 3.05) is 24.1 Å². The molecular weight excluding hydrogens is 502 g/mol. The van der Waals surface area contributed by atoms with Crippen LogP contribution in [0.25, 0.3) is 0 Å². The van der Waals surface area contributed by atoms with Crippen LogP contribution in [0.2, 0.25) is 5.02 Å². The molecule has 0 aromatic heterocycles. The first-order valence-corrected chi connectivity index (χ1v) is 13.2. The number of halogens is 1. The molecule has 36 heavy (non-hydrogen) atoms. The molecular formula is C26H28ClN3O5S. The second-order valence-electron chi connectivity index (χ2n) is 7.58. The third-order valence-corrected chi connectivity index (χ3v) is 6.91. The number of carbonyl (C=O) groups excluding carboxylic acids is 1. The lowest BCUT2D eigenvalue weighted by Crippen LogP contribution is -2.39. The normalized spacial score (nSPS) is 11.3. The van der Waals surface area contributed by atoms with E-state index in [0.717, 1.165) is 10.7 Å². The molecule has 0 saturated carbocycles. The summed E-state index contributed by atoms with van der Waals surface area (Å²) in [4.78, 5) is 12.7. The molecule has 0 spiro atoms. The van der Waals surface area contributed by atoms with Gasteiger partial charge in [-0.2, -0.15) is 5.10 Å². The summed E-state index contributed by atoms with van der Waals surface area (Å²) in [5.74, 6) is 0.594. The standard InChI is InChI=1S/C26H28ClN3O5S/c1-3-16-35-24-15-10-20(17-25(24)34-4-2)18-28-29-26(31)19-30(22-8-6-5-7-9-22)36(32,33)23-13-11-21(27)12-14-23/h5-15,17-18H,3-4,16,19H2,1-2H3,(H,29,31)/b28-18-. The van der Waals surface area contributed by atoms with Crippen LogP contribution in [-0.2, 0) is 14.8 Å². The van der Waals surface area contributed by atoms with E-state index in [2.05, 4.69) is 10.5 Å². The van der Waals surface area contributed by atoms with Gasteiger partial charge >= 0.3 is 0 Å². The predicted molar refractivity (Wildman–Crippen MR) is 142 cm³/mol. The molecule has 0 atom stereocenters. The number of anilines is 1. The molecule has 0 radical (unpaired) electrons. The Kier molecular flexibility index (Phi) is 9.72. The first kappa shape index (κ1) is 27.0.